The maximum atomic E-state index is 7.39. The van der Waals surface area contributed by atoms with Crippen molar-refractivity contribution < 1.29 is 4.42 Å². The molecular formula is C21H22N4O. The van der Waals surface area contributed by atoms with E-state index in [0.717, 1.165) is 24.1 Å². The van der Waals surface area contributed by atoms with Crippen LogP contribution in [0.25, 0.3) is 22.0 Å². The van der Waals surface area contributed by atoms with Crippen LogP contribution in [0.5, 0.6) is 0 Å². The van der Waals surface area contributed by atoms with Crippen molar-refractivity contribution in [1.29, 1.82) is 0 Å². The van der Waals surface area contributed by atoms with Crippen molar-refractivity contribution in [2.45, 2.75) is 51.4 Å². The van der Waals surface area contributed by atoms with Gasteiger partial charge in [-0.25, -0.2) is 4.68 Å². The quantitative estimate of drug-likeness (QED) is 0.594. The Labute approximate surface area is 153 Å². The smallest absolute Gasteiger partial charge is 0.335 e. The fourth-order valence-electron chi connectivity index (χ4n) is 2.92. The van der Waals surface area contributed by atoms with Crippen LogP contribution in [0.2, 0.25) is 0 Å². The van der Waals surface area contributed by atoms with Gasteiger partial charge in [0, 0.05) is 11.8 Å². The van der Waals surface area contributed by atoms with Crippen LogP contribution in [0.3, 0.4) is 0 Å². The van der Waals surface area contributed by atoms with Crippen LogP contribution in [-0.4, -0.2) is 14.8 Å². The molecule has 1 aromatic carbocycles. The highest BCUT2D eigenvalue weighted by Gasteiger charge is 2.47. The third-order valence-corrected chi connectivity index (χ3v) is 5.06. The fourth-order valence-corrected chi connectivity index (χ4v) is 2.92. The van der Waals surface area contributed by atoms with Crippen molar-refractivity contribution in [2.75, 3.05) is 0 Å². The van der Waals surface area contributed by atoms with E-state index < -0.39 is 0 Å². The van der Waals surface area contributed by atoms with Crippen molar-refractivity contribution in [2.24, 2.45) is 0 Å². The van der Waals surface area contributed by atoms with E-state index in [1.54, 1.807) is 4.68 Å². The Morgan fingerprint density at radius 3 is 2.42 bits per heavy atom. The number of hydrogen-bond acceptors (Lipinski definition) is 3. The van der Waals surface area contributed by atoms with E-state index in [1.807, 2.05) is 12.3 Å². The van der Waals surface area contributed by atoms with E-state index in [0.29, 0.717) is 11.8 Å². The lowest BCUT2D eigenvalue weighted by molar-refractivity contribution is 0.431. The van der Waals surface area contributed by atoms with E-state index >= 15 is 0 Å². The Morgan fingerprint density at radius 2 is 1.85 bits per heavy atom. The lowest BCUT2D eigenvalue weighted by atomic mass is 9.86. The summed E-state index contributed by atoms with van der Waals surface area (Å²) < 4.78 is 7.52. The van der Waals surface area contributed by atoms with Crippen LogP contribution in [0.15, 0.2) is 40.9 Å². The monoisotopic (exact) mass is 346 g/mol. The van der Waals surface area contributed by atoms with Crippen LogP contribution < -0.4 is 0 Å². The average molecular weight is 346 g/mol. The molecule has 2 aromatic heterocycles. The molecule has 5 nitrogen and oxygen atoms in total. The molecule has 0 radical (unpaired) electrons. The second-order valence-electron chi connectivity index (χ2n) is 8.29. The molecule has 5 heteroatoms. The maximum Gasteiger partial charge on any atom is 0.335 e. The van der Waals surface area contributed by atoms with Crippen molar-refractivity contribution in [1.82, 2.24) is 14.8 Å². The summed E-state index contributed by atoms with van der Waals surface area (Å²) in [5.41, 5.74) is 3.27. The van der Waals surface area contributed by atoms with Gasteiger partial charge in [0.05, 0.1) is 11.1 Å². The molecule has 3 aromatic rings. The first-order chi connectivity index (χ1) is 12.3. The summed E-state index contributed by atoms with van der Waals surface area (Å²) in [5, 5.41) is 4.61. The number of hydrogen-bond donors (Lipinski definition) is 0. The topological polar surface area (TPSA) is 48.2 Å². The number of nitrogens with zero attached hydrogens (tertiary/aromatic N) is 4. The number of rotatable bonds is 3. The van der Waals surface area contributed by atoms with Crippen LogP contribution in [0.1, 0.15) is 52.0 Å². The number of aromatic nitrogens is 3. The molecule has 0 atom stereocenters. The maximum absolute atomic E-state index is 7.39. The molecule has 4 rings (SSSR count). The lowest BCUT2D eigenvalue weighted by Gasteiger charge is -2.18. The minimum absolute atomic E-state index is 0.0174. The minimum Gasteiger partial charge on any atom is -0.414 e. The first-order valence-electron chi connectivity index (χ1n) is 8.86. The number of oxazole rings is 1. The van der Waals surface area contributed by atoms with E-state index in [2.05, 4.69) is 66.9 Å². The predicted molar refractivity (Wildman–Crippen MR) is 101 cm³/mol. The van der Waals surface area contributed by atoms with Crippen molar-refractivity contribution in [3.8, 4) is 17.1 Å². The van der Waals surface area contributed by atoms with Crippen LogP contribution in [-0.2, 0) is 10.8 Å². The average Bonchev–Trinajstić information content (AvgIpc) is 3.05. The molecule has 1 aliphatic carbocycles. The van der Waals surface area contributed by atoms with E-state index in [4.69, 9.17) is 11.0 Å². The van der Waals surface area contributed by atoms with Crippen molar-refractivity contribution in [3.63, 3.8) is 0 Å². The molecule has 132 valence electrons. The summed E-state index contributed by atoms with van der Waals surface area (Å²) in [5.74, 6) is 1.32. The van der Waals surface area contributed by atoms with Crippen molar-refractivity contribution >= 4 is 5.82 Å². The Hall–Kier alpha value is -2.87. The highest BCUT2D eigenvalue weighted by molar-refractivity contribution is 5.60. The van der Waals surface area contributed by atoms with E-state index in [9.17, 15) is 0 Å². The van der Waals surface area contributed by atoms with Gasteiger partial charge in [0.2, 0.25) is 5.88 Å². The second-order valence-corrected chi connectivity index (χ2v) is 8.29. The number of benzene rings is 1. The first-order valence-corrected chi connectivity index (χ1v) is 8.86. The first kappa shape index (κ1) is 16.6. The summed E-state index contributed by atoms with van der Waals surface area (Å²) in [6.45, 7) is 16.1. The second kappa shape index (κ2) is 5.57. The summed E-state index contributed by atoms with van der Waals surface area (Å²) in [4.78, 5) is 7.89. The Morgan fingerprint density at radius 1 is 1.15 bits per heavy atom. The summed E-state index contributed by atoms with van der Waals surface area (Å²) in [6, 6.07) is 10.4. The third-order valence-electron chi connectivity index (χ3n) is 5.06. The molecule has 0 unspecified atom stereocenters. The van der Waals surface area contributed by atoms with Crippen LogP contribution >= 0.6 is 0 Å². The van der Waals surface area contributed by atoms with Gasteiger partial charge in [0.15, 0.2) is 0 Å². The highest BCUT2D eigenvalue weighted by atomic mass is 16.4. The zero-order valence-electron chi connectivity index (χ0n) is 15.6. The summed E-state index contributed by atoms with van der Waals surface area (Å²) in [7, 11) is 0. The van der Waals surface area contributed by atoms with Crippen molar-refractivity contribution in [3.05, 3.63) is 59.4 Å². The zero-order valence-corrected chi connectivity index (χ0v) is 15.6. The van der Waals surface area contributed by atoms with Gasteiger partial charge in [0.1, 0.15) is 0 Å². The minimum atomic E-state index is -0.0174. The van der Waals surface area contributed by atoms with Crippen LogP contribution in [0, 0.1) is 6.57 Å². The van der Waals surface area contributed by atoms with Gasteiger partial charge in [-0.2, -0.15) is 5.10 Å². The molecule has 1 saturated carbocycles. The largest absolute Gasteiger partial charge is 0.414 e. The Balaban J connectivity index is 1.67. The summed E-state index contributed by atoms with van der Waals surface area (Å²) in [6.07, 6.45) is 3.92. The molecule has 0 spiro atoms. The third kappa shape index (κ3) is 2.82. The molecule has 0 N–H and O–H groups in total. The van der Waals surface area contributed by atoms with Gasteiger partial charge in [-0.05, 0) is 36.8 Å². The lowest BCUT2D eigenvalue weighted by Crippen LogP contribution is -2.10. The Kier molecular flexibility index (Phi) is 3.55. The van der Waals surface area contributed by atoms with Gasteiger partial charge >= 0.3 is 5.82 Å². The van der Waals surface area contributed by atoms with E-state index in [1.165, 1.54) is 5.56 Å². The normalized spacial score (nSPS) is 15.7. The summed E-state index contributed by atoms with van der Waals surface area (Å²) >= 11 is 0. The Bertz CT molecular complexity index is 992. The highest BCUT2D eigenvalue weighted by Crippen LogP contribution is 2.48. The fraction of sp³-hybridized carbons (Fsp3) is 0.381. The molecule has 2 heterocycles. The van der Waals surface area contributed by atoms with Gasteiger partial charge < -0.3 is 9.26 Å². The molecule has 0 aliphatic heterocycles. The van der Waals surface area contributed by atoms with Crippen LogP contribution in [0.4, 0.5) is 5.82 Å². The SMILES string of the molecule is [C-]#[N+]c1nc(C2(C)CC2)oc1-n1ccc(-c2ccc(C(C)(C)C)cc2)n1. The molecular weight excluding hydrogens is 324 g/mol. The predicted octanol–water partition coefficient (Wildman–Crippen LogP) is 5.43. The molecule has 1 fully saturated rings. The molecule has 0 bridgehead atoms. The van der Waals surface area contributed by atoms with Gasteiger partial charge in [0.25, 0.3) is 5.89 Å². The molecule has 0 amide bonds. The zero-order chi connectivity index (χ0) is 18.5. The van der Waals surface area contributed by atoms with Gasteiger partial charge in [-0.15, -0.1) is 0 Å². The van der Waals surface area contributed by atoms with Gasteiger partial charge in [-0.3, -0.25) is 0 Å². The molecule has 1 aliphatic rings. The van der Waals surface area contributed by atoms with Gasteiger partial charge in [-0.1, -0.05) is 56.6 Å². The van der Waals surface area contributed by atoms with E-state index in [-0.39, 0.29) is 16.6 Å². The molecule has 0 saturated heterocycles. The standard InChI is InChI=1S/C21H22N4O/c1-20(2,3)15-8-6-14(7-9-15)16-10-13-25(24-16)18-17(22-5)23-19(26-18)21(4)11-12-21/h6-10,13H,11-12H2,1-4H3. The molecule has 26 heavy (non-hydrogen) atoms.